The first kappa shape index (κ1) is 13.1. The van der Waals surface area contributed by atoms with Crippen LogP contribution in [0.3, 0.4) is 0 Å². The van der Waals surface area contributed by atoms with Crippen LogP contribution in [0.2, 0.25) is 0 Å². The van der Waals surface area contributed by atoms with Crippen molar-refractivity contribution in [2.75, 3.05) is 0 Å². The number of hydrogen-bond donors (Lipinski definition) is 1. The number of para-hydroxylation sites is 1. The number of carbonyl (C=O) groups is 1. The molecule has 0 spiro atoms. The summed E-state index contributed by atoms with van der Waals surface area (Å²) in [6.45, 7) is 0. The number of carboxylic acid groups (broad SMARTS) is 1. The molecule has 0 saturated carbocycles. The summed E-state index contributed by atoms with van der Waals surface area (Å²) in [5, 5.41) is 10.1. The molecule has 20 heavy (non-hydrogen) atoms. The molecule has 1 heterocycles. The Morgan fingerprint density at radius 2 is 1.75 bits per heavy atom. The first-order valence-corrected chi connectivity index (χ1v) is 7.12. The first-order chi connectivity index (χ1) is 9.65. The molecule has 3 rings (SSSR count). The summed E-state index contributed by atoms with van der Waals surface area (Å²) < 4.78 is 1.15. The summed E-state index contributed by atoms with van der Waals surface area (Å²) in [5.41, 5.74) is 2.51. The summed E-state index contributed by atoms with van der Waals surface area (Å²) in [5.74, 6) is -0.956. The maximum Gasteiger partial charge on any atom is 0.337 e. The predicted octanol–water partition coefficient (Wildman–Crippen LogP) is 4.20. The number of nitrogens with zero attached hydrogens (tertiary/aromatic N) is 1. The molecule has 3 aromatic rings. The summed E-state index contributed by atoms with van der Waals surface area (Å²) >= 11 is 2.25. The minimum absolute atomic E-state index is 0.231. The van der Waals surface area contributed by atoms with Gasteiger partial charge in [-0.2, -0.15) is 0 Å². The minimum Gasteiger partial charge on any atom is -0.478 e. The molecule has 0 atom stereocenters. The van der Waals surface area contributed by atoms with Crippen LogP contribution in [-0.2, 0) is 0 Å². The van der Waals surface area contributed by atoms with E-state index in [1.807, 2.05) is 42.5 Å². The quantitative estimate of drug-likeness (QED) is 0.683. The van der Waals surface area contributed by atoms with E-state index in [-0.39, 0.29) is 5.56 Å². The second kappa shape index (κ2) is 5.20. The fraction of sp³-hybridized carbons (Fsp3) is 0. The number of halogens is 1. The highest BCUT2D eigenvalue weighted by Crippen LogP contribution is 2.23. The van der Waals surface area contributed by atoms with Gasteiger partial charge in [0.2, 0.25) is 0 Å². The third-order valence-corrected chi connectivity index (χ3v) is 3.81. The molecule has 1 N–H and O–H groups in total. The van der Waals surface area contributed by atoms with Crippen LogP contribution >= 0.6 is 22.6 Å². The second-order valence-electron chi connectivity index (χ2n) is 4.39. The van der Waals surface area contributed by atoms with Crippen molar-refractivity contribution in [3.05, 3.63) is 63.7 Å². The number of pyridine rings is 1. The molecular weight excluding hydrogens is 365 g/mol. The molecular formula is C16H10INO2. The van der Waals surface area contributed by atoms with Crippen LogP contribution in [-0.4, -0.2) is 16.1 Å². The van der Waals surface area contributed by atoms with Crippen LogP contribution in [0.5, 0.6) is 0 Å². The topological polar surface area (TPSA) is 50.2 Å². The molecule has 1 aromatic heterocycles. The van der Waals surface area contributed by atoms with Crippen molar-refractivity contribution in [2.24, 2.45) is 0 Å². The highest BCUT2D eigenvalue weighted by Gasteiger charge is 2.10. The maximum atomic E-state index is 11.3. The fourth-order valence-electron chi connectivity index (χ4n) is 2.10. The van der Waals surface area contributed by atoms with Gasteiger partial charge in [0.15, 0.2) is 0 Å². The summed E-state index contributed by atoms with van der Waals surface area (Å²) in [7, 11) is 0. The van der Waals surface area contributed by atoms with E-state index in [9.17, 15) is 9.90 Å². The van der Waals surface area contributed by atoms with E-state index in [1.54, 1.807) is 12.1 Å². The second-order valence-corrected chi connectivity index (χ2v) is 5.63. The van der Waals surface area contributed by atoms with E-state index in [4.69, 9.17) is 0 Å². The number of benzene rings is 2. The van der Waals surface area contributed by atoms with Crippen LogP contribution in [0.15, 0.2) is 54.6 Å². The van der Waals surface area contributed by atoms with Gasteiger partial charge in [0, 0.05) is 14.5 Å². The van der Waals surface area contributed by atoms with Crippen LogP contribution in [0.1, 0.15) is 10.4 Å². The lowest BCUT2D eigenvalue weighted by atomic mass is 10.1. The molecule has 0 fully saturated rings. The Morgan fingerprint density at radius 3 is 2.45 bits per heavy atom. The number of aromatic nitrogens is 1. The molecule has 0 aliphatic carbocycles. The Balaban J connectivity index is 2.21. The largest absolute Gasteiger partial charge is 0.478 e. The number of carboxylic acids is 1. The molecule has 0 aliphatic heterocycles. The molecule has 2 aromatic carbocycles. The zero-order chi connectivity index (χ0) is 14.1. The van der Waals surface area contributed by atoms with Gasteiger partial charge >= 0.3 is 5.97 Å². The van der Waals surface area contributed by atoms with E-state index in [1.165, 1.54) is 0 Å². The van der Waals surface area contributed by atoms with Gasteiger partial charge in [-0.1, -0.05) is 30.3 Å². The van der Waals surface area contributed by atoms with Gasteiger partial charge < -0.3 is 5.11 Å². The average molecular weight is 375 g/mol. The molecule has 0 bridgehead atoms. The Labute approximate surface area is 129 Å². The summed E-state index contributed by atoms with van der Waals surface area (Å²) in [4.78, 5) is 15.8. The summed E-state index contributed by atoms with van der Waals surface area (Å²) in [6.07, 6.45) is 0. The van der Waals surface area contributed by atoms with Gasteiger partial charge in [-0.3, -0.25) is 0 Å². The third-order valence-electron chi connectivity index (χ3n) is 3.09. The smallest absolute Gasteiger partial charge is 0.337 e. The zero-order valence-electron chi connectivity index (χ0n) is 10.4. The molecule has 0 amide bonds. The van der Waals surface area contributed by atoms with E-state index < -0.39 is 5.97 Å². The predicted molar refractivity (Wildman–Crippen MR) is 86.9 cm³/mol. The van der Waals surface area contributed by atoms with Gasteiger partial charge in [0.25, 0.3) is 0 Å². The SMILES string of the molecule is O=C(O)c1cccc2ccc(-c3ccc(I)cc3)nc12. The molecule has 0 saturated heterocycles. The lowest BCUT2D eigenvalue weighted by molar-refractivity contribution is 0.0699. The first-order valence-electron chi connectivity index (χ1n) is 6.04. The van der Waals surface area contributed by atoms with Gasteiger partial charge in [0.05, 0.1) is 16.8 Å². The van der Waals surface area contributed by atoms with E-state index >= 15 is 0 Å². The molecule has 98 valence electrons. The van der Waals surface area contributed by atoms with Gasteiger partial charge in [-0.25, -0.2) is 9.78 Å². The van der Waals surface area contributed by atoms with Crippen LogP contribution < -0.4 is 0 Å². The van der Waals surface area contributed by atoms with Crippen LogP contribution in [0.4, 0.5) is 0 Å². The fourth-order valence-corrected chi connectivity index (χ4v) is 2.46. The molecule has 0 radical (unpaired) electrons. The van der Waals surface area contributed by atoms with Gasteiger partial charge in [-0.05, 0) is 46.9 Å². The Hall–Kier alpha value is -1.95. The Bertz CT molecular complexity index is 797. The molecule has 0 unspecified atom stereocenters. The van der Waals surface area contributed by atoms with Crippen molar-refractivity contribution in [1.29, 1.82) is 0 Å². The highest BCUT2D eigenvalue weighted by molar-refractivity contribution is 14.1. The van der Waals surface area contributed by atoms with Crippen molar-refractivity contribution < 1.29 is 9.90 Å². The van der Waals surface area contributed by atoms with Crippen LogP contribution in [0.25, 0.3) is 22.2 Å². The van der Waals surface area contributed by atoms with Crippen molar-refractivity contribution in [3.8, 4) is 11.3 Å². The molecule has 0 aliphatic rings. The zero-order valence-corrected chi connectivity index (χ0v) is 12.5. The molecule has 4 heteroatoms. The number of rotatable bonds is 2. The lowest BCUT2D eigenvalue weighted by Gasteiger charge is -2.05. The normalized spacial score (nSPS) is 10.7. The van der Waals surface area contributed by atoms with Gasteiger partial charge in [0.1, 0.15) is 0 Å². The lowest BCUT2D eigenvalue weighted by Crippen LogP contribution is -1.99. The maximum absolute atomic E-state index is 11.3. The Kier molecular flexibility index (Phi) is 3.40. The van der Waals surface area contributed by atoms with E-state index in [0.717, 1.165) is 20.2 Å². The van der Waals surface area contributed by atoms with Crippen molar-refractivity contribution >= 4 is 39.5 Å². The average Bonchev–Trinajstić information content (AvgIpc) is 2.46. The number of aromatic carboxylic acids is 1. The number of hydrogen-bond acceptors (Lipinski definition) is 2. The summed E-state index contributed by atoms with van der Waals surface area (Å²) in [6, 6.07) is 17.0. The van der Waals surface area contributed by atoms with E-state index in [0.29, 0.717) is 5.52 Å². The third kappa shape index (κ3) is 2.38. The van der Waals surface area contributed by atoms with Crippen molar-refractivity contribution in [3.63, 3.8) is 0 Å². The number of fused-ring (bicyclic) bond motifs is 1. The van der Waals surface area contributed by atoms with E-state index in [2.05, 4.69) is 27.6 Å². The molecule has 3 nitrogen and oxygen atoms in total. The monoisotopic (exact) mass is 375 g/mol. The van der Waals surface area contributed by atoms with Crippen molar-refractivity contribution in [1.82, 2.24) is 4.98 Å². The minimum atomic E-state index is -0.956. The van der Waals surface area contributed by atoms with Gasteiger partial charge in [-0.15, -0.1) is 0 Å². The van der Waals surface area contributed by atoms with Crippen LogP contribution in [0, 0.1) is 3.57 Å². The highest BCUT2D eigenvalue weighted by atomic mass is 127. The standard InChI is InChI=1S/C16H10INO2/c17-12-7-4-10(5-8-12)14-9-6-11-2-1-3-13(16(19)20)15(11)18-14/h1-9H,(H,19,20). The Morgan fingerprint density at radius 1 is 1.00 bits per heavy atom. The van der Waals surface area contributed by atoms with Crippen molar-refractivity contribution in [2.45, 2.75) is 0 Å².